The normalized spacial score (nSPS) is 12.8. The molecule has 1 aliphatic rings. The van der Waals surface area contributed by atoms with Crippen LogP contribution in [0.25, 0.3) is 11.4 Å². The molecule has 5 rings (SSSR count). The zero-order valence-electron chi connectivity index (χ0n) is 17.2. The van der Waals surface area contributed by atoms with E-state index in [2.05, 4.69) is 33.4 Å². The molecule has 0 bridgehead atoms. The number of anilines is 1. The highest BCUT2D eigenvalue weighted by Gasteiger charge is 2.31. The number of carbonyl (C=O) groups is 1. The summed E-state index contributed by atoms with van der Waals surface area (Å²) in [6.07, 6.45) is 0. The van der Waals surface area contributed by atoms with Gasteiger partial charge in [-0.15, -0.1) is 9.78 Å². The van der Waals surface area contributed by atoms with Crippen LogP contribution in [0.1, 0.15) is 15.9 Å². The number of amides is 1. The predicted molar refractivity (Wildman–Crippen MR) is 130 cm³/mol. The number of nitrogens with zero attached hydrogens (tertiary/aromatic N) is 4. The van der Waals surface area contributed by atoms with Crippen LogP contribution in [-0.2, 0) is 7.05 Å². The highest BCUT2D eigenvalue weighted by Crippen LogP contribution is 2.29. The summed E-state index contributed by atoms with van der Waals surface area (Å²) >= 11 is 5.18. The lowest BCUT2D eigenvalue weighted by Crippen LogP contribution is -2.37. The van der Waals surface area contributed by atoms with Gasteiger partial charge in [-0.25, -0.2) is 0 Å². The van der Waals surface area contributed by atoms with Crippen molar-refractivity contribution >= 4 is 45.0 Å². The number of carbonyl (C=O) groups excluding carboxylic acids is 1. The van der Waals surface area contributed by atoms with Crippen molar-refractivity contribution in [2.45, 2.75) is 5.16 Å². The Morgan fingerprint density at radius 1 is 1.03 bits per heavy atom. The van der Waals surface area contributed by atoms with E-state index >= 15 is 0 Å². The minimum Gasteiger partial charge on any atom is -0.321 e. The molecule has 0 saturated carbocycles. The zero-order valence-corrected chi connectivity index (χ0v) is 19.6. The molecule has 0 unspecified atom stereocenters. The van der Waals surface area contributed by atoms with E-state index in [-0.39, 0.29) is 5.91 Å². The van der Waals surface area contributed by atoms with E-state index in [0.717, 1.165) is 32.2 Å². The van der Waals surface area contributed by atoms with Crippen LogP contribution >= 0.6 is 27.7 Å². The smallest absolute Gasteiger partial charge is 0.321 e. The Bertz CT molecular complexity index is 1330. The van der Waals surface area contributed by atoms with E-state index in [0.29, 0.717) is 17.1 Å². The number of hydrogen-bond acceptors (Lipinski definition) is 4. The fraction of sp³-hybridized carbons (Fsp3) is 0.0833. The van der Waals surface area contributed by atoms with Crippen molar-refractivity contribution in [2.24, 2.45) is 12.1 Å². The predicted octanol–water partition coefficient (Wildman–Crippen LogP) is 4.75. The van der Waals surface area contributed by atoms with Gasteiger partial charge in [-0.05, 0) is 48.2 Å². The quantitative estimate of drug-likeness (QED) is 0.408. The van der Waals surface area contributed by atoms with E-state index in [1.807, 2.05) is 71.0 Å². The van der Waals surface area contributed by atoms with Crippen LogP contribution in [0.3, 0.4) is 0 Å². The van der Waals surface area contributed by atoms with Gasteiger partial charge < -0.3 is 5.32 Å². The van der Waals surface area contributed by atoms with E-state index in [4.69, 9.17) is 10.2 Å². The number of rotatable bonds is 4. The molecular formula is C24H19BrN5OS+. The number of benzene rings is 3. The van der Waals surface area contributed by atoms with Crippen molar-refractivity contribution in [3.05, 3.63) is 94.5 Å². The van der Waals surface area contributed by atoms with Gasteiger partial charge in [0.05, 0.1) is 29.8 Å². The van der Waals surface area contributed by atoms with Gasteiger partial charge in [-0.2, -0.15) is 0 Å². The molecule has 1 amide bonds. The molecular weight excluding hydrogens is 486 g/mol. The van der Waals surface area contributed by atoms with Gasteiger partial charge in [0.1, 0.15) is 0 Å². The van der Waals surface area contributed by atoms with E-state index < -0.39 is 0 Å². The standard InChI is InChI=1S/C24H18BrN5OS/c1-29-24-30(27-21(15-32-24)16-11-13-18(25)14-12-16)22(28-29)19-9-5-6-10-20(19)26-23(31)17-7-3-2-4-8-17/h2-14H,15H2,1H3/p+1. The van der Waals surface area contributed by atoms with Crippen LogP contribution in [0.5, 0.6) is 0 Å². The van der Waals surface area contributed by atoms with E-state index in [1.165, 1.54) is 0 Å². The van der Waals surface area contributed by atoms with Gasteiger partial charge in [-0.3, -0.25) is 4.79 Å². The number of thioether (sulfide) groups is 1. The lowest BCUT2D eigenvalue weighted by molar-refractivity contribution is -0.707. The number of para-hydroxylation sites is 1. The molecule has 3 aromatic carbocycles. The number of aryl methyl sites for hydroxylation is 1. The van der Waals surface area contributed by atoms with E-state index in [9.17, 15) is 4.79 Å². The number of nitrogens with one attached hydrogen (secondary N) is 1. The number of aromatic nitrogens is 3. The van der Waals surface area contributed by atoms with Gasteiger partial charge in [-0.1, -0.05) is 63.1 Å². The van der Waals surface area contributed by atoms with Gasteiger partial charge in [0, 0.05) is 20.7 Å². The molecule has 32 heavy (non-hydrogen) atoms. The first-order valence-corrected chi connectivity index (χ1v) is 11.8. The molecule has 4 aromatic rings. The second-order valence-electron chi connectivity index (χ2n) is 7.25. The summed E-state index contributed by atoms with van der Waals surface area (Å²) in [6, 6.07) is 25.0. The van der Waals surface area contributed by atoms with Crippen LogP contribution in [0, 0.1) is 0 Å². The lowest BCUT2D eigenvalue weighted by atomic mass is 10.1. The number of halogens is 1. The first-order valence-electron chi connectivity index (χ1n) is 10.0. The summed E-state index contributed by atoms with van der Waals surface area (Å²) in [4.78, 5) is 12.8. The second-order valence-corrected chi connectivity index (χ2v) is 9.11. The average molecular weight is 505 g/mol. The van der Waals surface area contributed by atoms with Crippen LogP contribution in [0.2, 0.25) is 0 Å². The third-order valence-corrected chi connectivity index (χ3v) is 6.73. The highest BCUT2D eigenvalue weighted by molar-refractivity contribution is 9.10. The van der Waals surface area contributed by atoms with Gasteiger partial charge in [0.2, 0.25) is 0 Å². The summed E-state index contributed by atoms with van der Waals surface area (Å²) < 4.78 is 4.72. The molecule has 0 atom stereocenters. The molecule has 0 saturated heterocycles. The maximum atomic E-state index is 12.8. The molecule has 8 heteroatoms. The van der Waals surface area contributed by atoms with Crippen molar-refractivity contribution in [1.82, 2.24) is 9.78 Å². The fourth-order valence-electron chi connectivity index (χ4n) is 3.50. The first-order chi connectivity index (χ1) is 15.6. The third-order valence-electron chi connectivity index (χ3n) is 5.09. The Labute approximate surface area is 198 Å². The Morgan fingerprint density at radius 3 is 2.53 bits per heavy atom. The fourth-order valence-corrected chi connectivity index (χ4v) is 4.74. The largest absolute Gasteiger partial charge is 0.335 e. The molecule has 0 radical (unpaired) electrons. The van der Waals surface area contributed by atoms with Crippen LogP contribution in [-0.4, -0.2) is 27.2 Å². The maximum absolute atomic E-state index is 12.8. The van der Waals surface area contributed by atoms with Crippen LogP contribution in [0.15, 0.2) is 93.6 Å². The SMILES string of the molecule is Cn1nc(-c2ccccc2NC(=O)c2ccccc2)[n+]2c1SCC(c1ccc(Br)cc1)=N2. The summed E-state index contributed by atoms with van der Waals surface area (Å²) in [5, 5.41) is 13.6. The molecule has 2 heterocycles. The van der Waals surface area contributed by atoms with Crippen molar-refractivity contribution in [1.29, 1.82) is 0 Å². The summed E-state index contributed by atoms with van der Waals surface area (Å²) in [6.45, 7) is 0. The third kappa shape index (κ3) is 3.99. The second kappa shape index (κ2) is 8.72. The Kier molecular flexibility index (Phi) is 5.63. The Balaban J connectivity index is 1.55. The highest BCUT2D eigenvalue weighted by atomic mass is 79.9. The van der Waals surface area contributed by atoms with Crippen molar-refractivity contribution < 1.29 is 9.47 Å². The molecule has 1 N–H and O–H groups in total. The molecule has 0 aliphatic carbocycles. The number of hydrogen-bond donors (Lipinski definition) is 1. The van der Waals surface area contributed by atoms with E-state index in [1.54, 1.807) is 23.9 Å². The van der Waals surface area contributed by atoms with Crippen LogP contribution < -0.4 is 9.99 Å². The average Bonchev–Trinajstić information content (AvgIpc) is 3.16. The van der Waals surface area contributed by atoms with Crippen molar-refractivity contribution in [3.63, 3.8) is 0 Å². The minimum absolute atomic E-state index is 0.165. The molecule has 0 fully saturated rings. The summed E-state index contributed by atoms with van der Waals surface area (Å²) in [5.74, 6) is 1.27. The van der Waals surface area contributed by atoms with Crippen molar-refractivity contribution in [2.75, 3.05) is 11.1 Å². The van der Waals surface area contributed by atoms with Gasteiger partial charge in [0.25, 0.3) is 5.91 Å². The summed E-state index contributed by atoms with van der Waals surface area (Å²) in [7, 11) is 1.91. The van der Waals surface area contributed by atoms with Gasteiger partial charge >= 0.3 is 11.0 Å². The summed E-state index contributed by atoms with van der Waals surface area (Å²) in [5.41, 5.74) is 4.13. The number of fused-ring (bicyclic) bond motifs is 1. The molecule has 0 spiro atoms. The lowest BCUT2D eigenvalue weighted by Gasteiger charge is -2.11. The zero-order chi connectivity index (χ0) is 22.1. The van der Waals surface area contributed by atoms with Crippen molar-refractivity contribution in [3.8, 4) is 11.4 Å². The Hall–Kier alpha value is -3.23. The molecule has 6 nitrogen and oxygen atoms in total. The first kappa shape index (κ1) is 20.7. The Morgan fingerprint density at radius 2 is 1.75 bits per heavy atom. The van der Waals surface area contributed by atoms with Crippen LogP contribution in [0.4, 0.5) is 5.69 Å². The monoisotopic (exact) mass is 504 g/mol. The topological polar surface area (TPSA) is 63.2 Å². The van der Waals surface area contributed by atoms with Gasteiger partial charge in [0.15, 0.2) is 0 Å². The minimum atomic E-state index is -0.165. The maximum Gasteiger partial charge on any atom is 0.335 e. The molecule has 1 aromatic heterocycles. The molecule has 158 valence electrons. The molecule has 1 aliphatic heterocycles.